The maximum atomic E-state index is 11.7. The summed E-state index contributed by atoms with van der Waals surface area (Å²) in [6.45, 7) is 3.12. The molecule has 0 aliphatic carbocycles. The zero-order valence-electron chi connectivity index (χ0n) is 13.2. The molecule has 1 aromatic heterocycles. The topological polar surface area (TPSA) is 65.4 Å². The lowest BCUT2D eigenvalue weighted by Crippen LogP contribution is -2.33. The van der Waals surface area contributed by atoms with Gasteiger partial charge in [-0.15, -0.1) is 0 Å². The predicted molar refractivity (Wildman–Crippen MR) is 86.7 cm³/mol. The summed E-state index contributed by atoms with van der Waals surface area (Å²) >= 11 is 0. The van der Waals surface area contributed by atoms with Crippen LogP contribution in [0.2, 0.25) is 0 Å². The van der Waals surface area contributed by atoms with E-state index in [4.69, 9.17) is 9.47 Å². The average molecular weight is 315 g/mol. The molecule has 1 aliphatic rings. The molecule has 1 atom stereocenters. The number of carbonyl (C=O) groups excluding carboxylic acids is 1. The first-order valence-corrected chi connectivity index (χ1v) is 7.95. The molecule has 0 saturated heterocycles. The lowest BCUT2D eigenvalue weighted by Gasteiger charge is -2.26. The fourth-order valence-electron chi connectivity index (χ4n) is 2.45. The van der Waals surface area contributed by atoms with Crippen LogP contribution in [0.4, 0.5) is 5.69 Å². The van der Waals surface area contributed by atoms with E-state index < -0.39 is 0 Å². The molecule has 6 nitrogen and oxygen atoms in total. The lowest BCUT2D eigenvalue weighted by molar-refractivity contribution is -0.116. The Morgan fingerprint density at radius 3 is 3.04 bits per heavy atom. The van der Waals surface area contributed by atoms with E-state index >= 15 is 0 Å². The van der Waals surface area contributed by atoms with Crippen LogP contribution in [0.1, 0.15) is 26.2 Å². The molecule has 0 fully saturated rings. The van der Waals surface area contributed by atoms with Gasteiger partial charge in [0.2, 0.25) is 5.91 Å². The van der Waals surface area contributed by atoms with Crippen molar-refractivity contribution in [1.29, 1.82) is 0 Å². The zero-order chi connectivity index (χ0) is 16.1. The molecule has 6 heteroatoms. The first-order valence-electron chi connectivity index (χ1n) is 7.95. The van der Waals surface area contributed by atoms with Crippen molar-refractivity contribution in [3.8, 4) is 11.5 Å². The third-order valence-corrected chi connectivity index (χ3v) is 3.63. The summed E-state index contributed by atoms with van der Waals surface area (Å²) in [4.78, 5) is 11.7. The van der Waals surface area contributed by atoms with Crippen molar-refractivity contribution in [2.45, 2.75) is 38.8 Å². The number of carbonyl (C=O) groups is 1. The molecule has 1 aliphatic heterocycles. The van der Waals surface area contributed by atoms with Crippen LogP contribution in [0.25, 0.3) is 0 Å². The Kier molecular flexibility index (Phi) is 4.80. The zero-order valence-corrected chi connectivity index (χ0v) is 13.2. The standard InChI is InChI=1S/C17H21N3O3/c1-2-3-8-17(21)19-13-9-18-20(10-13)11-14-12-22-15-6-4-5-7-16(15)23-14/h4-7,9-10,14H,2-3,8,11-12H2,1H3,(H,19,21). The van der Waals surface area contributed by atoms with Gasteiger partial charge in [-0.2, -0.15) is 5.10 Å². The number of benzene rings is 1. The highest BCUT2D eigenvalue weighted by atomic mass is 16.6. The van der Waals surface area contributed by atoms with Gasteiger partial charge in [0, 0.05) is 12.6 Å². The van der Waals surface area contributed by atoms with Crippen LogP contribution in [0.15, 0.2) is 36.7 Å². The minimum absolute atomic E-state index is 0.0255. The highest BCUT2D eigenvalue weighted by molar-refractivity contribution is 5.90. The van der Waals surface area contributed by atoms with E-state index in [1.54, 1.807) is 10.9 Å². The maximum absolute atomic E-state index is 11.7. The number of anilines is 1. The third kappa shape index (κ3) is 4.03. The monoisotopic (exact) mass is 315 g/mol. The number of amides is 1. The van der Waals surface area contributed by atoms with E-state index in [2.05, 4.69) is 17.3 Å². The van der Waals surface area contributed by atoms with Gasteiger partial charge in [-0.25, -0.2) is 0 Å². The van der Waals surface area contributed by atoms with Gasteiger partial charge in [0.05, 0.1) is 18.4 Å². The molecule has 23 heavy (non-hydrogen) atoms. The first-order chi connectivity index (χ1) is 11.2. The Morgan fingerprint density at radius 2 is 2.22 bits per heavy atom. The van der Waals surface area contributed by atoms with Gasteiger partial charge >= 0.3 is 0 Å². The Hall–Kier alpha value is -2.50. The van der Waals surface area contributed by atoms with Gasteiger partial charge in [0.15, 0.2) is 17.6 Å². The van der Waals surface area contributed by atoms with Crippen LogP contribution >= 0.6 is 0 Å². The number of ether oxygens (including phenoxy) is 2. The third-order valence-electron chi connectivity index (χ3n) is 3.63. The second-order valence-electron chi connectivity index (χ2n) is 5.60. The minimum Gasteiger partial charge on any atom is -0.486 e. The molecule has 1 amide bonds. The predicted octanol–water partition coefficient (Wildman–Crippen LogP) is 2.85. The number of hydrogen-bond acceptors (Lipinski definition) is 4. The normalized spacial score (nSPS) is 16.1. The summed E-state index contributed by atoms with van der Waals surface area (Å²) in [7, 11) is 0. The number of rotatable bonds is 6. The minimum atomic E-state index is -0.103. The van der Waals surface area contributed by atoms with Crippen molar-refractivity contribution >= 4 is 11.6 Å². The highest BCUT2D eigenvalue weighted by Crippen LogP contribution is 2.31. The van der Waals surface area contributed by atoms with Crippen LogP contribution in [-0.4, -0.2) is 28.4 Å². The number of nitrogens with zero attached hydrogens (tertiary/aromatic N) is 2. The van der Waals surface area contributed by atoms with Crippen molar-refractivity contribution in [2.75, 3.05) is 11.9 Å². The van der Waals surface area contributed by atoms with Gasteiger partial charge in [0.1, 0.15) is 6.61 Å². The molecule has 2 heterocycles. The quantitative estimate of drug-likeness (QED) is 0.890. The average Bonchev–Trinajstić information content (AvgIpc) is 2.99. The summed E-state index contributed by atoms with van der Waals surface area (Å²) in [6.07, 6.45) is 5.81. The molecular weight excluding hydrogens is 294 g/mol. The number of unbranched alkanes of at least 4 members (excludes halogenated alkanes) is 1. The van der Waals surface area contributed by atoms with E-state index in [1.807, 2.05) is 30.5 Å². The molecule has 1 N–H and O–H groups in total. The van der Waals surface area contributed by atoms with Crippen LogP contribution in [0, 0.1) is 0 Å². The van der Waals surface area contributed by atoms with Gasteiger partial charge in [-0.05, 0) is 18.6 Å². The first kappa shape index (κ1) is 15.4. The van der Waals surface area contributed by atoms with E-state index in [0.29, 0.717) is 25.3 Å². The Labute approximate surface area is 135 Å². The second-order valence-corrected chi connectivity index (χ2v) is 5.60. The van der Waals surface area contributed by atoms with Crippen molar-refractivity contribution < 1.29 is 14.3 Å². The largest absolute Gasteiger partial charge is 0.486 e. The second kappa shape index (κ2) is 7.17. The van der Waals surface area contributed by atoms with E-state index in [1.165, 1.54) is 0 Å². The molecule has 0 saturated carbocycles. The Morgan fingerprint density at radius 1 is 1.39 bits per heavy atom. The van der Waals surface area contributed by atoms with Crippen LogP contribution < -0.4 is 14.8 Å². The molecule has 0 spiro atoms. The molecule has 3 rings (SSSR count). The number of para-hydroxylation sites is 2. The maximum Gasteiger partial charge on any atom is 0.224 e. The number of aromatic nitrogens is 2. The fraction of sp³-hybridized carbons (Fsp3) is 0.412. The summed E-state index contributed by atoms with van der Waals surface area (Å²) in [5.74, 6) is 1.55. The Balaban J connectivity index is 1.54. The van der Waals surface area contributed by atoms with Crippen LogP contribution in [0.3, 0.4) is 0 Å². The fourth-order valence-corrected chi connectivity index (χ4v) is 2.45. The van der Waals surface area contributed by atoms with Crippen molar-refractivity contribution in [2.24, 2.45) is 0 Å². The van der Waals surface area contributed by atoms with Crippen LogP contribution in [-0.2, 0) is 11.3 Å². The van der Waals surface area contributed by atoms with Gasteiger partial charge < -0.3 is 14.8 Å². The molecule has 122 valence electrons. The summed E-state index contributed by atoms with van der Waals surface area (Å²) in [5.41, 5.74) is 0.711. The SMILES string of the molecule is CCCCC(=O)Nc1cnn(CC2COc3ccccc3O2)c1. The van der Waals surface area contributed by atoms with Crippen molar-refractivity contribution in [1.82, 2.24) is 9.78 Å². The molecule has 0 bridgehead atoms. The summed E-state index contributed by atoms with van der Waals surface area (Å²) in [6, 6.07) is 7.62. The molecule has 1 aromatic carbocycles. The molecule has 1 unspecified atom stereocenters. The lowest BCUT2D eigenvalue weighted by atomic mass is 10.2. The summed E-state index contributed by atoms with van der Waals surface area (Å²) in [5, 5.41) is 7.12. The number of hydrogen-bond donors (Lipinski definition) is 1. The van der Waals surface area contributed by atoms with E-state index in [9.17, 15) is 4.79 Å². The molecular formula is C17H21N3O3. The van der Waals surface area contributed by atoms with E-state index in [-0.39, 0.29) is 12.0 Å². The molecule has 2 aromatic rings. The smallest absolute Gasteiger partial charge is 0.224 e. The van der Waals surface area contributed by atoms with Crippen LogP contribution in [0.5, 0.6) is 11.5 Å². The van der Waals surface area contributed by atoms with E-state index in [0.717, 1.165) is 24.3 Å². The highest BCUT2D eigenvalue weighted by Gasteiger charge is 2.21. The van der Waals surface area contributed by atoms with Gasteiger partial charge in [-0.1, -0.05) is 25.5 Å². The number of nitrogens with one attached hydrogen (secondary N) is 1. The van der Waals surface area contributed by atoms with Crippen molar-refractivity contribution in [3.63, 3.8) is 0 Å². The van der Waals surface area contributed by atoms with Gasteiger partial charge in [-0.3, -0.25) is 9.48 Å². The summed E-state index contributed by atoms with van der Waals surface area (Å²) < 4.78 is 13.4. The number of fused-ring (bicyclic) bond motifs is 1. The van der Waals surface area contributed by atoms with Gasteiger partial charge in [0.25, 0.3) is 0 Å². The van der Waals surface area contributed by atoms with Crippen molar-refractivity contribution in [3.05, 3.63) is 36.7 Å². The molecule has 0 radical (unpaired) electrons. The Bertz CT molecular complexity index is 669.